The van der Waals surface area contributed by atoms with Crippen molar-refractivity contribution in [1.29, 1.82) is 0 Å². The summed E-state index contributed by atoms with van der Waals surface area (Å²) in [6, 6.07) is 16.9. The molecule has 1 unspecified atom stereocenters. The fourth-order valence-electron chi connectivity index (χ4n) is 2.84. The second kappa shape index (κ2) is 7.90. The first-order valence-corrected chi connectivity index (χ1v) is 8.08. The first-order chi connectivity index (χ1) is 11.7. The van der Waals surface area contributed by atoms with Gasteiger partial charge in [0.25, 0.3) is 5.69 Å². The van der Waals surface area contributed by atoms with E-state index in [0.717, 1.165) is 38.5 Å². The first-order valence-electron chi connectivity index (χ1n) is 8.08. The summed E-state index contributed by atoms with van der Waals surface area (Å²) in [6.07, 6.45) is 0. The van der Waals surface area contributed by atoms with E-state index in [1.54, 1.807) is 12.1 Å². The van der Waals surface area contributed by atoms with Crippen LogP contribution in [0.15, 0.2) is 54.6 Å². The Balaban J connectivity index is 1.75. The Morgan fingerprint density at radius 3 is 2.38 bits per heavy atom. The van der Waals surface area contributed by atoms with Crippen LogP contribution in [-0.2, 0) is 4.74 Å². The molecule has 3 rings (SSSR count). The second-order valence-corrected chi connectivity index (χ2v) is 5.82. The van der Waals surface area contributed by atoms with Gasteiger partial charge in [-0.3, -0.25) is 15.0 Å². The van der Waals surface area contributed by atoms with Gasteiger partial charge in [-0.25, -0.2) is 0 Å². The Morgan fingerprint density at radius 2 is 1.75 bits per heavy atom. The molecule has 0 radical (unpaired) electrons. The zero-order valence-electron chi connectivity index (χ0n) is 13.4. The minimum absolute atomic E-state index is 0.102. The predicted octanol–water partition coefficient (Wildman–Crippen LogP) is 3.08. The number of nitrogens with one attached hydrogen (secondary N) is 1. The number of rotatable bonds is 6. The van der Waals surface area contributed by atoms with Crippen LogP contribution in [0.25, 0.3) is 0 Å². The summed E-state index contributed by atoms with van der Waals surface area (Å²) in [5.74, 6) is 0. The molecule has 6 heteroatoms. The molecule has 0 saturated carbocycles. The molecule has 2 aromatic carbocycles. The van der Waals surface area contributed by atoms with Gasteiger partial charge in [0.2, 0.25) is 0 Å². The SMILES string of the molecule is O=[N+]([O-])c1ccc(NC(CN2CCOCC2)c2ccccc2)cc1. The third-order valence-electron chi connectivity index (χ3n) is 4.17. The molecule has 0 amide bonds. The second-order valence-electron chi connectivity index (χ2n) is 5.82. The summed E-state index contributed by atoms with van der Waals surface area (Å²) in [5.41, 5.74) is 2.18. The maximum atomic E-state index is 10.8. The first kappa shape index (κ1) is 16.4. The van der Waals surface area contributed by atoms with Crippen molar-refractivity contribution in [3.05, 3.63) is 70.3 Å². The smallest absolute Gasteiger partial charge is 0.269 e. The van der Waals surface area contributed by atoms with Gasteiger partial charge in [-0.1, -0.05) is 30.3 Å². The van der Waals surface area contributed by atoms with E-state index in [1.807, 2.05) is 18.2 Å². The normalized spacial score (nSPS) is 16.5. The fraction of sp³-hybridized carbons (Fsp3) is 0.333. The Labute approximate surface area is 141 Å². The molecule has 0 bridgehead atoms. The van der Waals surface area contributed by atoms with Crippen molar-refractivity contribution in [3.63, 3.8) is 0 Å². The molecule has 1 saturated heterocycles. The number of nitro benzene ring substituents is 1. The van der Waals surface area contributed by atoms with Gasteiger partial charge in [0, 0.05) is 37.5 Å². The lowest BCUT2D eigenvalue weighted by Crippen LogP contribution is -2.40. The van der Waals surface area contributed by atoms with Crippen molar-refractivity contribution in [3.8, 4) is 0 Å². The van der Waals surface area contributed by atoms with Crippen LogP contribution in [0, 0.1) is 10.1 Å². The number of nitro groups is 1. The molecule has 0 spiro atoms. The molecule has 126 valence electrons. The van der Waals surface area contributed by atoms with Crippen LogP contribution in [0.3, 0.4) is 0 Å². The van der Waals surface area contributed by atoms with E-state index in [1.165, 1.54) is 17.7 Å². The summed E-state index contributed by atoms with van der Waals surface area (Å²) >= 11 is 0. The van der Waals surface area contributed by atoms with Crippen molar-refractivity contribution in [2.75, 3.05) is 38.2 Å². The molecule has 24 heavy (non-hydrogen) atoms. The molecule has 1 aliphatic heterocycles. The Morgan fingerprint density at radius 1 is 1.08 bits per heavy atom. The summed E-state index contributed by atoms with van der Waals surface area (Å²) in [4.78, 5) is 12.8. The van der Waals surface area contributed by atoms with Gasteiger partial charge >= 0.3 is 0 Å². The quantitative estimate of drug-likeness (QED) is 0.652. The van der Waals surface area contributed by atoms with Gasteiger partial charge in [-0.05, 0) is 17.7 Å². The zero-order valence-corrected chi connectivity index (χ0v) is 13.4. The fourth-order valence-corrected chi connectivity index (χ4v) is 2.84. The summed E-state index contributed by atoms with van der Waals surface area (Å²) < 4.78 is 5.41. The largest absolute Gasteiger partial charge is 0.379 e. The lowest BCUT2D eigenvalue weighted by Gasteiger charge is -2.31. The minimum Gasteiger partial charge on any atom is -0.379 e. The molecule has 1 atom stereocenters. The monoisotopic (exact) mass is 327 g/mol. The van der Waals surface area contributed by atoms with Crippen LogP contribution in [-0.4, -0.2) is 42.7 Å². The van der Waals surface area contributed by atoms with Crippen molar-refractivity contribution in [2.45, 2.75) is 6.04 Å². The van der Waals surface area contributed by atoms with Crippen molar-refractivity contribution >= 4 is 11.4 Å². The highest BCUT2D eigenvalue weighted by molar-refractivity contribution is 5.50. The van der Waals surface area contributed by atoms with E-state index in [-0.39, 0.29) is 16.7 Å². The maximum absolute atomic E-state index is 10.8. The number of hydrogen-bond acceptors (Lipinski definition) is 5. The van der Waals surface area contributed by atoms with Crippen molar-refractivity contribution < 1.29 is 9.66 Å². The zero-order chi connectivity index (χ0) is 16.8. The molecule has 6 nitrogen and oxygen atoms in total. The van der Waals surface area contributed by atoms with E-state index in [2.05, 4.69) is 22.3 Å². The molecular formula is C18H21N3O3. The minimum atomic E-state index is -0.383. The van der Waals surface area contributed by atoms with Crippen LogP contribution < -0.4 is 5.32 Å². The van der Waals surface area contributed by atoms with Crippen LogP contribution in [0.2, 0.25) is 0 Å². The van der Waals surface area contributed by atoms with Crippen LogP contribution in [0.5, 0.6) is 0 Å². The molecule has 1 aliphatic rings. The molecule has 2 aromatic rings. The highest BCUT2D eigenvalue weighted by Crippen LogP contribution is 2.23. The molecular weight excluding hydrogens is 306 g/mol. The number of benzene rings is 2. The van der Waals surface area contributed by atoms with Crippen molar-refractivity contribution in [2.24, 2.45) is 0 Å². The van der Waals surface area contributed by atoms with Gasteiger partial charge in [-0.15, -0.1) is 0 Å². The summed E-state index contributed by atoms with van der Waals surface area (Å²) in [6.45, 7) is 4.24. The van der Waals surface area contributed by atoms with Crippen molar-refractivity contribution in [1.82, 2.24) is 4.90 Å². The van der Waals surface area contributed by atoms with Gasteiger partial charge in [0.1, 0.15) is 0 Å². The number of nitrogens with zero attached hydrogens (tertiary/aromatic N) is 2. The van der Waals surface area contributed by atoms with E-state index in [4.69, 9.17) is 4.74 Å². The van der Waals surface area contributed by atoms with E-state index in [0.29, 0.717) is 0 Å². The van der Waals surface area contributed by atoms with Crippen LogP contribution >= 0.6 is 0 Å². The number of non-ortho nitro benzene ring substituents is 1. The van der Waals surface area contributed by atoms with E-state index >= 15 is 0 Å². The lowest BCUT2D eigenvalue weighted by molar-refractivity contribution is -0.384. The number of ether oxygens (including phenoxy) is 1. The van der Waals surface area contributed by atoms with E-state index in [9.17, 15) is 10.1 Å². The summed E-state index contributed by atoms with van der Waals surface area (Å²) in [5, 5.41) is 14.3. The van der Waals surface area contributed by atoms with Gasteiger partial charge in [0.15, 0.2) is 0 Å². The molecule has 0 aliphatic carbocycles. The number of hydrogen-bond donors (Lipinski definition) is 1. The molecule has 0 aromatic heterocycles. The van der Waals surface area contributed by atoms with Gasteiger partial charge in [-0.2, -0.15) is 0 Å². The van der Waals surface area contributed by atoms with E-state index < -0.39 is 0 Å². The highest BCUT2D eigenvalue weighted by Gasteiger charge is 2.18. The molecule has 1 fully saturated rings. The standard InChI is InChI=1S/C18H21N3O3/c22-21(23)17-8-6-16(7-9-17)19-18(15-4-2-1-3-5-15)14-20-10-12-24-13-11-20/h1-9,18-19H,10-14H2. The predicted molar refractivity (Wildman–Crippen MR) is 93.2 cm³/mol. The van der Waals surface area contributed by atoms with Crippen LogP contribution in [0.4, 0.5) is 11.4 Å². The number of morpholine rings is 1. The lowest BCUT2D eigenvalue weighted by atomic mass is 10.1. The van der Waals surface area contributed by atoms with Gasteiger partial charge in [0.05, 0.1) is 24.2 Å². The third-order valence-corrected chi connectivity index (χ3v) is 4.17. The summed E-state index contributed by atoms with van der Waals surface area (Å²) in [7, 11) is 0. The Bertz CT molecular complexity index is 655. The number of anilines is 1. The Kier molecular flexibility index (Phi) is 5.40. The topological polar surface area (TPSA) is 67.6 Å². The third kappa shape index (κ3) is 4.31. The van der Waals surface area contributed by atoms with Crippen LogP contribution in [0.1, 0.15) is 11.6 Å². The molecule has 1 N–H and O–H groups in total. The average Bonchev–Trinajstić information content (AvgIpc) is 2.63. The highest BCUT2D eigenvalue weighted by atomic mass is 16.6. The molecule has 1 heterocycles. The average molecular weight is 327 g/mol. The maximum Gasteiger partial charge on any atom is 0.269 e. The van der Waals surface area contributed by atoms with Gasteiger partial charge < -0.3 is 10.1 Å². The Hall–Kier alpha value is -2.44.